The second-order valence-electron chi connectivity index (χ2n) is 7.36. The van der Waals surface area contributed by atoms with Gasteiger partial charge in [0.1, 0.15) is 0 Å². The summed E-state index contributed by atoms with van der Waals surface area (Å²) in [7, 11) is 4.00. The number of carbonyl (C=O) groups is 1. The molecule has 3 aromatic carbocycles. The average Bonchev–Trinajstić information content (AvgIpc) is 3.05. The Kier molecular flexibility index (Phi) is 6.03. The number of aromatic nitrogens is 1. The summed E-state index contributed by atoms with van der Waals surface area (Å²) in [5, 5.41) is 6.54. The molecule has 0 aliphatic carbocycles. The van der Waals surface area contributed by atoms with Gasteiger partial charge in [0.2, 0.25) is 5.91 Å². The van der Waals surface area contributed by atoms with Crippen molar-refractivity contribution in [2.45, 2.75) is 13.0 Å². The average molecular weight is 510 g/mol. The molecule has 1 amide bonds. The van der Waals surface area contributed by atoms with E-state index < -0.39 is 0 Å². The van der Waals surface area contributed by atoms with Crippen molar-refractivity contribution in [1.29, 1.82) is 0 Å². The summed E-state index contributed by atoms with van der Waals surface area (Å²) in [4.78, 5) is 14.4. The molecule has 4 aromatic rings. The van der Waals surface area contributed by atoms with Gasteiger partial charge in [0, 0.05) is 58.1 Å². The molecule has 5 nitrogen and oxygen atoms in total. The van der Waals surface area contributed by atoms with Gasteiger partial charge < -0.3 is 9.47 Å². The summed E-state index contributed by atoms with van der Waals surface area (Å²) in [6, 6.07) is 22.8. The van der Waals surface area contributed by atoms with Crippen LogP contribution in [0.3, 0.4) is 0 Å². The monoisotopic (exact) mass is 510 g/mol. The highest BCUT2D eigenvalue weighted by atomic mass is 127. The fourth-order valence-electron chi connectivity index (χ4n) is 3.57. The Morgan fingerprint density at radius 2 is 1.77 bits per heavy atom. The van der Waals surface area contributed by atoms with Crippen molar-refractivity contribution in [3.63, 3.8) is 0 Å². The highest BCUT2D eigenvalue weighted by Crippen LogP contribution is 2.30. The van der Waals surface area contributed by atoms with Crippen molar-refractivity contribution in [1.82, 2.24) is 9.99 Å². The van der Waals surface area contributed by atoms with E-state index in [0.717, 1.165) is 22.3 Å². The van der Waals surface area contributed by atoms with Crippen molar-refractivity contribution in [3.05, 3.63) is 75.9 Å². The van der Waals surface area contributed by atoms with E-state index in [1.165, 1.54) is 14.3 Å². The van der Waals surface area contributed by atoms with E-state index in [9.17, 15) is 4.79 Å². The fourth-order valence-corrected chi connectivity index (χ4v) is 4.06. The quantitative estimate of drug-likeness (QED) is 0.226. The van der Waals surface area contributed by atoms with E-state index >= 15 is 0 Å². The van der Waals surface area contributed by atoms with E-state index in [4.69, 9.17) is 0 Å². The van der Waals surface area contributed by atoms with Gasteiger partial charge >= 0.3 is 0 Å². The number of nitrogens with one attached hydrogen (secondary N) is 1. The van der Waals surface area contributed by atoms with Crippen LogP contribution in [0.1, 0.15) is 12.0 Å². The highest BCUT2D eigenvalue weighted by molar-refractivity contribution is 14.1. The van der Waals surface area contributed by atoms with Gasteiger partial charge in [0.15, 0.2) is 0 Å². The van der Waals surface area contributed by atoms with Crippen molar-refractivity contribution in [3.8, 4) is 0 Å². The number of fused-ring (bicyclic) bond motifs is 3. The molecule has 0 radical (unpaired) electrons. The molecule has 4 rings (SSSR count). The SMILES string of the molecule is CN(C)c1ccc(/C=N\NC(=O)CCn2c3ccccc3c3cc(I)ccc32)cc1. The lowest BCUT2D eigenvalue weighted by Gasteiger charge is -2.11. The number of rotatable bonds is 6. The van der Waals surface area contributed by atoms with E-state index in [2.05, 4.69) is 74.1 Å². The normalized spacial score (nSPS) is 11.4. The zero-order valence-corrected chi connectivity index (χ0v) is 19.1. The second-order valence-corrected chi connectivity index (χ2v) is 8.61. The van der Waals surface area contributed by atoms with Gasteiger partial charge in [-0.3, -0.25) is 4.79 Å². The van der Waals surface area contributed by atoms with Crippen molar-refractivity contribution >= 4 is 62.2 Å². The predicted octanol–water partition coefficient (Wildman–Crippen LogP) is 5.01. The topological polar surface area (TPSA) is 49.6 Å². The van der Waals surface area contributed by atoms with E-state index in [1.54, 1.807) is 6.21 Å². The van der Waals surface area contributed by atoms with Crippen LogP contribution >= 0.6 is 22.6 Å². The Labute approximate surface area is 189 Å². The lowest BCUT2D eigenvalue weighted by atomic mass is 10.2. The Morgan fingerprint density at radius 1 is 1.03 bits per heavy atom. The molecule has 0 atom stereocenters. The number of hydrogen-bond donors (Lipinski definition) is 1. The number of hydrazone groups is 1. The number of halogens is 1. The minimum absolute atomic E-state index is 0.104. The molecule has 0 unspecified atom stereocenters. The first-order chi connectivity index (χ1) is 14.5. The number of nitrogens with zero attached hydrogens (tertiary/aromatic N) is 3. The Morgan fingerprint density at radius 3 is 2.53 bits per heavy atom. The fraction of sp³-hybridized carbons (Fsp3) is 0.167. The molecule has 0 aliphatic heterocycles. The molecule has 0 aliphatic rings. The van der Waals surface area contributed by atoms with E-state index in [-0.39, 0.29) is 5.91 Å². The zero-order chi connectivity index (χ0) is 21.1. The van der Waals surface area contributed by atoms with E-state index in [0.29, 0.717) is 13.0 Å². The lowest BCUT2D eigenvalue weighted by molar-refractivity contribution is -0.121. The first-order valence-electron chi connectivity index (χ1n) is 9.79. The third kappa shape index (κ3) is 4.33. The van der Waals surface area contributed by atoms with Crippen LogP contribution in [-0.4, -0.2) is 30.8 Å². The van der Waals surface area contributed by atoms with Crippen LogP contribution in [0.25, 0.3) is 21.8 Å². The smallest absolute Gasteiger partial charge is 0.241 e. The first kappa shape index (κ1) is 20.4. The molecule has 0 saturated carbocycles. The van der Waals surface area contributed by atoms with Crippen LogP contribution in [0.2, 0.25) is 0 Å². The second kappa shape index (κ2) is 8.87. The summed E-state index contributed by atoms with van der Waals surface area (Å²) in [5.41, 5.74) is 7.00. The first-order valence-corrected chi connectivity index (χ1v) is 10.9. The Balaban J connectivity index is 1.44. The number of benzene rings is 3. The lowest BCUT2D eigenvalue weighted by Crippen LogP contribution is -2.19. The number of carbonyl (C=O) groups excluding carboxylic acids is 1. The molecule has 0 fully saturated rings. The number of aryl methyl sites for hydroxylation is 1. The van der Waals surface area contributed by atoms with Gasteiger partial charge in [0.25, 0.3) is 0 Å². The molecule has 1 heterocycles. The van der Waals surface area contributed by atoms with Gasteiger partial charge in [-0.2, -0.15) is 5.10 Å². The van der Waals surface area contributed by atoms with Crippen LogP contribution < -0.4 is 10.3 Å². The van der Waals surface area contributed by atoms with Crippen LogP contribution in [0.15, 0.2) is 71.8 Å². The predicted molar refractivity (Wildman–Crippen MR) is 133 cm³/mol. The molecular formula is C24H23IN4O. The molecule has 0 saturated heterocycles. The Hall–Kier alpha value is -2.87. The maximum absolute atomic E-state index is 12.4. The molecule has 152 valence electrons. The van der Waals surface area contributed by atoms with Gasteiger partial charge in [-0.1, -0.05) is 30.3 Å². The minimum Gasteiger partial charge on any atom is -0.378 e. The Bertz CT molecular complexity index is 1230. The van der Waals surface area contributed by atoms with Crippen LogP contribution in [0.4, 0.5) is 5.69 Å². The van der Waals surface area contributed by atoms with Gasteiger partial charge in [-0.05, 0) is 64.6 Å². The maximum Gasteiger partial charge on any atom is 0.241 e. The zero-order valence-electron chi connectivity index (χ0n) is 17.0. The van der Waals surface area contributed by atoms with Crippen LogP contribution in [0.5, 0.6) is 0 Å². The third-order valence-electron chi connectivity index (χ3n) is 5.11. The summed E-state index contributed by atoms with van der Waals surface area (Å²) in [6.07, 6.45) is 2.02. The number of amides is 1. The standard InChI is InChI=1S/C24H23IN4O/c1-28(2)19-10-7-17(8-11-19)16-26-27-24(30)13-14-29-22-6-4-3-5-20(22)21-15-18(25)9-12-23(21)29/h3-12,15-16H,13-14H2,1-2H3,(H,27,30)/b26-16-. The van der Waals surface area contributed by atoms with Crippen LogP contribution in [-0.2, 0) is 11.3 Å². The van der Waals surface area contributed by atoms with Crippen molar-refractivity contribution in [2.24, 2.45) is 5.10 Å². The highest BCUT2D eigenvalue weighted by Gasteiger charge is 2.11. The molecular weight excluding hydrogens is 487 g/mol. The summed E-state index contributed by atoms with van der Waals surface area (Å²) in [5.74, 6) is -0.104. The minimum atomic E-state index is -0.104. The third-order valence-corrected chi connectivity index (χ3v) is 5.78. The largest absolute Gasteiger partial charge is 0.378 e. The van der Waals surface area contributed by atoms with E-state index in [1.807, 2.05) is 49.3 Å². The van der Waals surface area contributed by atoms with Gasteiger partial charge in [0.05, 0.1) is 6.21 Å². The number of para-hydroxylation sites is 1. The number of anilines is 1. The molecule has 0 bridgehead atoms. The summed E-state index contributed by atoms with van der Waals surface area (Å²) >= 11 is 2.33. The summed E-state index contributed by atoms with van der Waals surface area (Å²) in [6.45, 7) is 0.601. The molecule has 6 heteroatoms. The molecule has 0 spiro atoms. The molecule has 1 N–H and O–H groups in total. The van der Waals surface area contributed by atoms with Crippen LogP contribution in [0, 0.1) is 3.57 Å². The van der Waals surface area contributed by atoms with Crippen molar-refractivity contribution < 1.29 is 4.79 Å². The van der Waals surface area contributed by atoms with Crippen molar-refractivity contribution in [2.75, 3.05) is 19.0 Å². The van der Waals surface area contributed by atoms with Gasteiger partial charge in [-0.15, -0.1) is 0 Å². The number of hydrogen-bond acceptors (Lipinski definition) is 3. The summed E-state index contributed by atoms with van der Waals surface area (Å²) < 4.78 is 3.41. The molecule has 30 heavy (non-hydrogen) atoms. The maximum atomic E-state index is 12.4. The van der Waals surface area contributed by atoms with Gasteiger partial charge in [-0.25, -0.2) is 5.43 Å². The molecule has 1 aromatic heterocycles.